The summed E-state index contributed by atoms with van der Waals surface area (Å²) in [6, 6.07) is 0. The van der Waals surface area contributed by atoms with Crippen LogP contribution in [0, 0.1) is 39.4 Å². The van der Waals surface area contributed by atoms with Crippen LogP contribution in [0.1, 0.15) is 92.9 Å². The first-order chi connectivity index (χ1) is 14.4. The lowest BCUT2D eigenvalue weighted by Gasteiger charge is -2.70. The topological polar surface area (TPSA) is 63.6 Å². The number of hydrogen-bond acceptors (Lipinski definition) is 4. The van der Waals surface area contributed by atoms with Crippen molar-refractivity contribution in [2.24, 2.45) is 39.4 Å². The number of hydrogen-bond donors (Lipinski definition) is 1. The molecular weight excluding hydrogens is 388 g/mol. The molecule has 0 heterocycles. The van der Waals surface area contributed by atoms with Crippen LogP contribution in [-0.2, 0) is 14.3 Å². The number of esters is 1. The SMILES string of the molecule is CC(=O)OC1CC2C(C)(CCC3C(C)(C)CCCC32CO)C2CC=C(C(C)=O)CC12C. The third-order valence-electron chi connectivity index (χ3n) is 10.6. The molecule has 3 saturated carbocycles. The zero-order valence-corrected chi connectivity index (χ0v) is 20.4. The molecule has 7 unspecified atom stereocenters. The molecule has 4 nitrogen and oxygen atoms in total. The van der Waals surface area contributed by atoms with Gasteiger partial charge >= 0.3 is 5.97 Å². The zero-order valence-electron chi connectivity index (χ0n) is 20.4. The van der Waals surface area contributed by atoms with E-state index in [1.54, 1.807) is 6.92 Å². The molecule has 0 aromatic heterocycles. The molecule has 4 heteroatoms. The van der Waals surface area contributed by atoms with Gasteiger partial charge in [-0.05, 0) is 86.0 Å². The van der Waals surface area contributed by atoms with Crippen molar-refractivity contribution in [3.63, 3.8) is 0 Å². The molecule has 0 spiro atoms. The van der Waals surface area contributed by atoms with E-state index in [4.69, 9.17) is 4.74 Å². The Morgan fingerprint density at radius 1 is 1.03 bits per heavy atom. The molecule has 0 aromatic carbocycles. The van der Waals surface area contributed by atoms with Crippen molar-refractivity contribution in [1.82, 2.24) is 0 Å². The average Bonchev–Trinajstić information content (AvgIpc) is 2.67. The predicted molar refractivity (Wildman–Crippen MR) is 121 cm³/mol. The Balaban J connectivity index is 1.82. The number of aliphatic hydroxyl groups is 1. The number of carbonyl (C=O) groups excluding carboxylic acids is 2. The normalized spacial score (nSPS) is 46.1. The Morgan fingerprint density at radius 2 is 1.74 bits per heavy atom. The van der Waals surface area contributed by atoms with Crippen molar-refractivity contribution in [2.45, 2.75) is 99.0 Å². The van der Waals surface area contributed by atoms with Crippen LogP contribution in [0.3, 0.4) is 0 Å². The highest BCUT2D eigenvalue weighted by atomic mass is 16.5. The highest BCUT2D eigenvalue weighted by Crippen LogP contribution is 2.72. The van der Waals surface area contributed by atoms with Crippen molar-refractivity contribution in [3.8, 4) is 0 Å². The number of ketones is 1. The van der Waals surface area contributed by atoms with Gasteiger partial charge in [0.05, 0.1) is 0 Å². The standard InChI is InChI=1S/C27H42O4/c1-17(29)19-8-9-21-25(5)13-10-20-24(3,4)11-7-12-27(20,16-28)22(25)14-23(31-18(2)30)26(21,6)15-19/h8,20-23,28H,7,9-16H2,1-6H3. The van der Waals surface area contributed by atoms with E-state index in [9.17, 15) is 14.7 Å². The van der Waals surface area contributed by atoms with Gasteiger partial charge in [-0.2, -0.15) is 0 Å². The van der Waals surface area contributed by atoms with Crippen molar-refractivity contribution in [1.29, 1.82) is 0 Å². The highest BCUT2D eigenvalue weighted by Gasteiger charge is 2.68. The number of allylic oxidation sites excluding steroid dienone is 2. The maximum Gasteiger partial charge on any atom is 0.302 e. The molecule has 174 valence electrons. The first-order valence-electron chi connectivity index (χ1n) is 12.4. The molecule has 0 radical (unpaired) electrons. The summed E-state index contributed by atoms with van der Waals surface area (Å²) < 4.78 is 6.05. The smallest absolute Gasteiger partial charge is 0.302 e. The van der Waals surface area contributed by atoms with Crippen LogP contribution >= 0.6 is 0 Å². The Morgan fingerprint density at radius 3 is 2.35 bits per heavy atom. The molecule has 0 saturated heterocycles. The Kier molecular flexibility index (Phi) is 5.52. The van der Waals surface area contributed by atoms with Gasteiger partial charge in [0, 0.05) is 24.4 Å². The van der Waals surface area contributed by atoms with Gasteiger partial charge in [-0.25, -0.2) is 0 Å². The Labute approximate surface area is 188 Å². The van der Waals surface area contributed by atoms with Crippen LogP contribution < -0.4 is 0 Å². The van der Waals surface area contributed by atoms with Crippen LogP contribution in [0.5, 0.6) is 0 Å². The molecule has 1 N–H and O–H groups in total. The van der Waals surface area contributed by atoms with Gasteiger partial charge in [0.15, 0.2) is 5.78 Å². The Hall–Kier alpha value is -1.16. The molecule has 31 heavy (non-hydrogen) atoms. The lowest BCUT2D eigenvalue weighted by atomic mass is 9.35. The van der Waals surface area contributed by atoms with Crippen LogP contribution in [0.2, 0.25) is 0 Å². The van der Waals surface area contributed by atoms with Gasteiger partial charge < -0.3 is 9.84 Å². The summed E-state index contributed by atoms with van der Waals surface area (Å²) in [4.78, 5) is 24.4. The van der Waals surface area contributed by atoms with E-state index in [1.807, 2.05) is 0 Å². The number of carbonyl (C=O) groups is 2. The molecule has 4 aliphatic carbocycles. The summed E-state index contributed by atoms with van der Waals surface area (Å²) in [5.41, 5.74) is 0.868. The largest absolute Gasteiger partial charge is 0.462 e. The third kappa shape index (κ3) is 3.26. The number of Topliss-reactive ketones (excluding diaryl/α,β-unsaturated/α-hetero) is 1. The van der Waals surface area contributed by atoms with Crippen LogP contribution in [-0.4, -0.2) is 29.6 Å². The summed E-state index contributed by atoms with van der Waals surface area (Å²) >= 11 is 0. The minimum absolute atomic E-state index is 0.0802. The van der Waals surface area contributed by atoms with Gasteiger partial charge in [-0.3, -0.25) is 9.59 Å². The highest BCUT2D eigenvalue weighted by molar-refractivity contribution is 5.93. The molecule has 7 atom stereocenters. The molecule has 0 aromatic rings. The molecule has 0 bridgehead atoms. The first-order valence-corrected chi connectivity index (χ1v) is 12.4. The number of rotatable bonds is 3. The molecule has 4 aliphatic rings. The van der Waals surface area contributed by atoms with E-state index in [-0.39, 0.29) is 46.1 Å². The number of fused-ring (bicyclic) bond motifs is 5. The van der Waals surface area contributed by atoms with E-state index in [0.717, 1.165) is 44.1 Å². The van der Waals surface area contributed by atoms with Crippen molar-refractivity contribution in [2.75, 3.05) is 6.61 Å². The van der Waals surface area contributed by atoms with Crippen LogP contribution in [0.25, 0.3) is 0 Å². The minimum atomic E-state index is -0.236. The first kappa shape index (κ1) is 23.0. The van der Waals surface area contributed by atoms with E-state index >= 15 is 0 Å². The van der Waals surface area contributed by atoms with Crippen molar-refractivity contribution < 1.29 is 19.4 Å². The van der Waals surface area contributed by atoms with Gasteiger partial charge in [0.25, 0.3) is 0 Å². The molecule has 3 fully saturated rings. The fourth-order valence-electron chi connectivity index (χ4n) is 9.23. The maximum absolute atomic E-state index is 12.3. The summed E-state index contributed by atoms with van der Waals surface area (Å²) in [6.45, 7) is 12.9. The fraction of sp³-hybridized carbons (Fsp3) is 0.852. The molecule has 0 aliphatic heterocycles. The number of ether oxygens (including phenoxy) is 1. The second-order valence-electron chi connectivity index (χ2n) is 12.5. The van der Waals surface area contributed by atoms with E-state index in [0.29, 0.717) is 24.2 Å². The summed E-state index contributed by atoms with van der Waals surface area (Å²) in [5, 5.41) is 10.9. The van der Waals surface area contributed by atoms with Gasteiger partial charge in [0.1, 0.15) is 6.10 Å². The van der Waals surface area contributed by atoms with Gasteiger partial charge in [-0.15, -0.1) is 0 Å². The van der Waals surface area contributed by atoms with E-state index < -0.39 is 0 Å². The van der Waals surface area contributed by atoms with Crippen LogP contribution in [0.4, 0.5) is 0 Å². The summed E-state index contributed by atoms with van der Waals surface area (Å²) in [5.74, 6) is 1.09. The molecular formula is C27H42O4. The minimum Gasteiger partial charge on any atom is -0.462 e. The Bertz CT molecular complexity index is 797. The monoisotopic (exact) mass is 430 g/mol. The second-order valence-corrected chi connectivity index (χ2v) is 12.5. The molecule has 4 rings (SSSR count). The van der Waals surface area contributed by atoms with Gasteiger partial charge in [0.2, 0.25) is 0 Å². The lowest BCUT2D eigenvalue weighted by molar-refractivity contribution is -0.243. The predicted octanol–water partition coefficient (Wildman–Crippen LogP) is 5.47. The van der Waals surface area contributed by atoms with E-state index in [1.165, 1.54) is 13.3 Å². The average molecular weight is 431 g/mol. The maximum atomic E-state index is 12.3. The van der Waals surface area contributed by atoms with Crippen LogP contribution in [0.15, 0.2) is 11.6 Å². The number of aliphatic hydroxyl groups excluding tert-OH is 1. The van der Waals surface area contributed by atoms with Crippen molar-refractivity contribution >= 4 is 11.8 Å². The lowest BCUT2D eigenvalue weighted by Crippen LogP contribution is -2.66. The van der Waals surface area contributed by atoms with Crippen molar-refractivity contribution in [3.05, 3.63) is 11.6 Å². The zero-order chi connectivity index (χ0) is 22.8. The van der Waals surface area contributed by atoms with E-state index in [2.05, 4.69) is 33.8 Å². The fourth-order valence-corrected chi connectivity index (χ4v) is 9.23. The summed E-state index contributed by atoms with van der Waals surface area (Å²) in [7, 11) is 0. The third-order valence-corrected chi connectivity index (χ3v) is 10.6. The summed E-state index contributed by atoms with van der Waals surface area (Å²) in [6.07, 6.45) is 10.1. The van der Waals surface area contributed by atoms with Gasteiger partial charge in [-0.1, -0.05) is 40.2 Å². The quantitative estimate of drug-likeness (QED) is 0.603. The molecule has 0 amide bonds. The second kappa shape index (κ2) is 7.43.